The summed E-state index contributed by atoms with van der Waals surface area (Å²) in [5.41, 5.74) is 0.891. The van der Waals surface area contributed by atoms with Gasteiger partial charge in [-0.05, 0) is 0 Å². The van der Waals surface area contributed by atoms with Gasteiger partial charge < -0.3 is 14.7 Å². The van der Waals surface area contributed by atoms with E-state index in [9.17, 15) is 9.59 Å². The van der Waals surface area contributed by atoms with Gasteiger partial charge in [-0.1, -0.05) is 30.3 Å². The summed E-state index contributed by atoms with van der Waals surface area (Å²) >= 11 is 0. The Balaban J connectivity index is 0.00000161. The van der Waals surface area contributed by atoms with Crippen molar-refractivity contribution in [2.24, 2.45) is 5.10 Å². The molecule has 1 aromatic carbocycles. The van der Waals surface area contributed by atoms with Crippen LogP contribution in [0.3, 0.4) is 0 Å². The number of hydrazone groups is 1. The molecule has 0 aliphatic carbocycles. The molecule has 21 heavy (non-hydrogen) atoms. The van der Waals surface area contributed by atoms with Crippen LogP contribution in [0.5, 0.6) is 0 Å². The zero-order valence-corrected chi connectivity index (χ0v) is 13.3. The summed E-state index contributed by atoms with van der Waals surface area (Å²) in [4.78, 5) is 26.2. The molecule has 1 fully saturated rings. The number of hydrogen-bond donors (Lipinski definition) is 0. The summed E-state index contributed by atoms with van der Waals surface area (Å²) in [7, 11) is 0. The molecule has 2 aromatic rings. The third-order valence-corrected chi connectivity index (χ3v) is 2.62. The molecule has 7 nitrogen and oxygen atoms in total. The summed E-state index contributed by atoms with van der Waals surface area (Å²) in [5.74, 6) is 0.334. The van der Waals surface area contributed by atoms with E-state index in [0.29, 0.717) is 5.76 Å². The SMILES string of the molecule is O=C1CN(/N=C/c2ncc(-c3ccccc3)o2)C(=O)[N-]1.[Na+]. The number of rotatable bonds is 3. The summed E-state index contributed by atoms with van der Waals surface area (Å²) in [5, 5.41) is 7.99. The van der Waals surface area contributed by atoms with Gasteiger partial charge in [0, 0.05) is 12.1 Å². The number of oxazole rings is 1. The molecule has 1 aliphatic rings. The molecule has 3 rings (SSSR count). The molecule has 0 unspecified atom stereocenters. The number of imide groups is 1. The summed E-state index contributed by atoms with van der Waals surface area (Å²) < 4.78 is 5.48. The van der Waals surface area contributed by atoms with E-state index in [-0.39, 0.29) is 42.0 Å². The third-order valence-electron chi connectivity index (χ3n) is 2.62. The standard InChI is InChI=1S/C13H10N4O3.Na/c18-11-8-17(13(19)16-11)15-7-12-14-6-10(20-12)9-4-2-1-3-5-9;/h1-7H,8H2,(H,16,18,19);/q;+1/p-1/b15-7+;. The molecule has 3 amide bonds. The van der Waals surface area contributed by atoms with Crippen molar-refractivity contribution in [3.8, 4) is 11.3 Å². The van der Waals surface area contributed by atoms with Crippen LogP contribution in [0.25, 0.3) is 16.6 Å². The van der Waals surface area contributed by atoms with E-state index in [1.54, 1.807) is 6.20 Å². The molecule has 1 aliphatic heterocycles. The molecule has 0 N–H and O–H groups in total. The number of benzene rings is 1. The molecule has 0 radical (unpaired) electrons. The fraction of sp³-hybridized carbons (Fsp3) is 0.0769. The van der Waals surface area contributed by atoms with E-state index >= 15 is 0 Å². The van der Waals surface area contributed by atoms with Gasteiger partial charge in [0.05, 0.1) is 12.4 Å². The van der Waals surface area contributed by atoms with Gasteiger partial charge in [0.2, 0.25) is 5.89 Å². The molecule has 0 atom stereocenters. The maximum absolute atomic E-state index is 11.2. The van der Waals surface area contributed by atoms with Crippen molar-refractivity contribution in [1.29, 1.82) is 0 Å². The Hall–Kier alpha value is -1.96. The zero-order chi connectivity index (χ0) is 13.9. The van der Waals surface area contributed by atoms with Crippen LogP contribution < -0.4 is 29.6 Å². The Morgan fingerprint density at radius 1 is 1.29 bits per heavy atom. The van der Waals surface area contributed by atoms with Gasteiger partial charge >= 0.3 is 29.6 Å². The number of aromatic nitrogens is 1. The second-order valence-corrected chi connectivity index (χ2v) is 4.02. The number of carbonyl (C=O) groups is 2. The van der Waals surface area contributed by atoms with Crippen molar-refractivity contribution < 1.29 is 43.6 Å². The van der Waals surface area contributed by atoms with Crippen molar-refractivity contribution >= 4 is 18.2 Å². The average molecular weight is 292 g/mol. The zero-order valence-electron chi connectivity index (χ0n) is 11.3. The van der Waals surface area contributed by atoms with Gasteiger partial charge in [0.1, 0.15) is 0 Å². The van der Waals surface area contributed by atoms with Crippen LogP contribution >= 0.6 is 0 Å². The first kappa shape index (κ1) is 15.4. The van der Waals surface area contributed by atoms with Crippen molar-refractivity contribution in [2.45, 2.75) is 0 Å². The first-order valence-corrected chi connectivity index (χ1v) is 5.84. The number of nitrogens with zero attached hydrogens (tertiary/aromatic N) is 4. The van der Waals surface area contributed by atoms with Gasteiger partial charge in [0.15, 0.2) is 17.7 Å². The van der Waals surface area contributed by atoms with Crippen molar-refractivity contribution in [3.63, 3.8) is 0 Å². The average Bonchev–Trinajstić information content (AvgIpc) is 3.04. The van der Waals surface area contributed by atoms with Crippen LogP contribution in [-0.4, -0.2) is 34.7 Å². The molecule has 8 heteroatoms. The fourth-order valence-corrected chi connectivity index (χ4v) is 1.69. The second-order valence-electron chi connectivity index (χ2n) is 4.02. The first-order chi connectivity index (χ1) is 9.72. The van der Waals surface area contributed by atoms with Crippen LogP contribution in [0.2, 0.25) is 0 Å². The molecule has 0 spiro atoms. The van der Waals surface area contributed by atoms with Crippen LogP contribution in [0.4, 0.5) is 4.79 Å². The first-order valence-electron chi connectivity index (χ1n) is 5.84. The summed E-state index contributed by atoms with van der Waals surface area (Å²) in [6, 6.07) is 8.79. The summed E-state index contributed by atoms with van der Waals surface area (Å²) in [6.45, 7) is -0.151. The minimum absolute atomic E-state index is 0. The van der Waals surface area contributed by atoms with Crippen molar-refractivity contribution in [3.05, 3.63) is 47.7 Å². The van der Waals surface area contributed by atoms with Gasteiger partial charge in [-0.15, -0.1) is 0 Å². The Morgan fingerprint density at radius 2 is 2.05 bits per heavy atom. The van der Waals surface area contributed by atoms with Gasteiger partial charge in [-0.2, -0.15) is 0 Å². The smallest absolute Gasteiger partial charge is 0.435 e. The van der Waals surface area contributed by atoms with E-state index in [2.05, 4.69) is 15.4 Å². The largest absolute Gasteiger partial charge is 1.00 e. The molecular formula is C13H9N4NaO3. The second kappa shape index (κ2) is 6.66. The summed E-state index contributed by atoms with van der Waals surface area (Å²) in [6.07, 6.45) is 2.84. The fourth-order valence-electron chi connectivity index (χ4n) is 1.69. The molecule has 100 valence electrons. The van der Waals surface area contributed by atoms with E-state index in [0.717, 1.165) is 10.6 Å². The van der Waals surface area contributed by atoms with E-state index in [1.807, 2.05) is 30.3 Å². The number of urea groups is 1. The maximum Gasteiger partial charge on any atom is 1.00 e. The van der Waals surface area contributed by atoms with Gasteiger partial charge in [-0.25, -0.2) is 4.98 Å². The predicted molar refractivity (Wildman–Crippen MR) is 70.0 cm³/mol. The molecule has 1 saturated heterocycles. The molecule has 2 heterocycles. The van der Waals surface area contributed by atoms with Crippen molar-refractivity contribution in [2.75, 3.05) is 6.54 Å². The minimum atomic E-state index is -0.680. The monoisotopic (exact) mass is 292 g/mol. The van der Waals surface area contributed by atoms with Crippen LogP contribution in [-0.2, 0) is 4.79 Å². The molecule has 0 saturated carbocycles. The molecule has 1 aromatic heterocycles. The van der Waals surface area contributed by atoms with Gasteiger partial charge in [0.25, 0.3) is 0 Å². The number of hydrogen-bond acceptors (Lipinski definition) is 5. The Morgan fingerprint density at radius 3 is 2.71 bits per heavy atom. The van der Waals surface area contributed by atoms with Crippen LogP contribution in [0.15, 0.2) is 46.0 Å². The van der Waals surface area contributed by atoms with E-state index < -0.39 is 11.9 Å². The van der Waals surface area contributed by atoms with Gasteiger partial charge in [-0.3, -0.25) is 14.7 Å². The third kappa shape index (κ3) is 3.57. The maximum atomic E-state index is 11.2. The topological polar surface area (TPSA) is 89.9 Å². The Kier molecular flexibility index (Phi) is 4.89. The quantitative estimate of drug-likeness (QED) is 0.413. The van der Waals surface area contributed by atoms with Crippen LogP contribution in [0, 0.1) is 0 Å². The Bertz CT molecular complexity index is 684. The van der Waals surface area contributed by atoms with Crippen LogP contribution in [0.1, 0.15) is 5.89 Å². The molecular weight excluding hydrogens is 283 g/mol. The number of carbonyl (C=O) groups excluding carboxylic acids is 2. The normalized spacial score (nSPS) is 14.4. The Labute approximate surface area is 142 Å². The van der Waals surface area contributed by atoms with Crippen molar-refractivity contribution in [1.82, 2.24) is 9.99 Å². The minimum Gasteiger partial charge on any atom is -0.435 e. The predicted octanol–water partition coefficient (Wildman–Crippen LogP) is -0.985. The molecule has 0 bridgehead atoms. The van der Waals surface area contributed by atoms with E-state index in [1.165, 1.54) is 6.21 Å². The van der Waals surface area contributed by atoms with E-state index in [4.69, 9.17) is 4.42 Å². The number of amides is 3.